The molecule has 4 heteroatoms. The lowest BCUT2D eigenvalue weighted by Gasteiger charge is -2.11. The van der Waals surface area contributed by atoms with Crippen molar-refractivity contribution in [3.8, 4) is 33.8 Å². The molecule has 4 nitrogen and oxygen atoms in total. The quantitative estimate of drug-likeness (QED) is 0.164. The van der Waals surface area contributed by atoms with E-state index in [1.807, 2.05) is 38.1 Å². The van der Waals surface area contributed by atoms with Crippen LogP contribution in [0.5, 0.6) is 11.5 Å². The van der Waals surface area contributed by atoms with Gasteiger partial charge in [-0.2, -0.15) is 0 Å². The van der Waals surface area contributed by atoms with E-state index in [1.165, 1.54) is 17.2 Å². The second kappa shape index (κ2) is 11.4. The van der Waals surface area contributed by atoms with Crippen LogP contribution < -0.4 is 9.47 Å². The zero-order valence-electron chi connectivity index (χ0n) is 23.0. The predicted molar refractivity (Wildman–Crippen MR) is 159 cm³/mol. The summed E-state index contributed by atoms with van der Waals surface area (Å²) in [5.74, 6) is -0.143. The highest BCUT2D eigenvalue weighted by atomic mass is 16.5. The van der Waals surface area contributed by atoms with Gasteiger partial charge in [0.2, 0.25) is 0 Å². The molecule has 0 atom stereocenters. The number of ether oxygens (including phenoxy) is 2. The third-order valence-electron chi connectivity index (χ3n) is 6.86. The van der Waals surface area contributed by atoms with Crippen LogP contribution in [0.3, 0.4) is 0 Å². The highest BCUT2D eigenvalue weighted by Crippen LogP contribution is 2.29. The molecule has 0 saturated carbocycles. The summed E-state index contributed by atoms with van der Waals surface area (Å²) in [7, 11) is 0. The maximum atomic E-state index is 13.0. The van der Waals surface area contributed by atoms with Gasteiger partial charge in [0.05, 0.1) is 11.1 Å². The molecule has 0 heterocycles. The van der Waals surface area contributed by atoms with E-state index in [0.717, 1.165) is 33.4 Å². The van der Waals surface area contributed by atoms with Crippen molar-refractivity contribution in [2.45, 2.75) is 27.7 Å². The molecule has 0 saturated heterocycles. The summed E-state index contributed by atoms with van der Waals surface area (Å²) in [5.41, 5.74) is 8.89. The van der Waals surface area contributed by atoms with Gasteiger partial charge in [-0.15, -0.1) is 0 Å². The third kappa shape index (κ3) is 6.02. The van der Waals surface area contributed by atoms with Gasteiger partial charge >= 0.3 is 11.9 Å². The number of aryl methyl sites for hydroxylation is 4. The number of esters is 2. The summed E-state index contributed by atoms with van der Waals surface area (Å²) < 4.78 is 11.4. The highest BCUT2D eigenvalue weighted by Gasteiger charge is 2.16. The van der Waals surface area contributed by atoms with Crippen LogP contribution in [0, 0.1) is 27.7 Å². The first-order chi connectivity index (χ1) is 19.3. The molecule has 5 rings (SSSR count). The zero-order valence-corrected chi connectivity index (χ0v) is 23.0. The molecule has 0 aliphatic rings. The van der Waals surface area contributed by atoms with Crippen molar-refractivity contribution >= 4 is 11.9 Å². The predicted octanol–water partition coefficient (Wildman–Crippen LogP) is 8.69. The average molecular weight is 527 g/mol. The molecule has 0 spiro atoms. The number of rotatable bonds is 6. The maximum absolute atomic E-state index is 13.0. The van der Waals surface area contributed by atoms with Crippen molar-refractivity contribution in [2.24, 2.45) is 0 Å². The Morgan fingerprint density at radius 3 is 1.20 bits per heavy atom. The summed E-state index contributed by atoms with van der Waals surface area (Å²) >= 11 is 0. The van der Waals surface area contributed by atoms with Crippen molar-refractivity contribution in [2.75, 3.05) is 0 Å². The van der Waals surface area contributed by atoms with Gasteiger partial charge in [-0.3, -0.25) is 0 Å². The van der Waals surface area contributed by atoms with Gasteiger partial charge in [-0.05, 0) is 104 Å². The van der Waals surface area contributed by atoms with Crippen LogP contribution in [0.25, 0.3) is 22.3 Å². The molecule has 0 unspecified atom stereocenters. The monoisotopic (exact) mass is 526 g/mol. The summed E-state index contributed by atoms with van der Waals surface area (Å²) in [6.07, 6.45) is 0. The molecule has 40 heavy (non-hydrogen) atoms. The second-order valence-electron chi connectivity index (χ2n) is 10.1. The minimum Gasteiger partial charge on any atom is -0.423 e. The maximum Gasteiger partial charge on any atom is 0.343 e. The molecular weight excluding hydrogens is 496 g/mol. The van der Waals surface area contributed by atoms with Crippen LogP contribution in [0.4, 0.5) is 0 Å². The Morgan fingerprint density at radius 1 is 0.450 bits per heavy atom. The van der Waals surface area contributed by atoms with Crippen LogP contribution in [-0.2, 0) is 0 Å². The molecular formula is C36H30O4. The van der Waals surface area contributed by atoms with E-state index < -0.39 is 11.9 Å². The summed E-state index contributed by atoms with van der Waals surface area (Å²) in [4.78, 5) is 25.9. The zero-order chi connectivity index (χ0) is 28.2. The Hall–Kier alpha value is -4.96. The standard InChI is InChI=1S/C36H30O4/c1-23-8-12-27(13-9-23)29-16-18-33(25(3)20-29)39-35(37)31-6-5-7-32(22-31)36(38)40-34-19-17-30(21-26(34)4)28-14-10-24(2)11-15-28/h5-22H,1-4H3. The van der Waals surface area contributed by atoms with Crippen molar-refractivity contribution < 1.29 is 19.1 Å². The highest BCUT2D eigenvalue weighted by molar-refractivity contribution is 5.97. The van der Waals surface area contributed by atoms with E-state index in [1.54, 1.807) is 30.3 Å². The fraction of sp³-hybridized carbons (Fsp3) is 0.111. The molecule has 0 aliphatic carbocycles. The van der Waals surface area contributed by atoms with Crippen molar-refractivity contribution in [1.29, 1.82) is 0 Å². The normalized spacial score (nSPS) is 10.7. The van der Waals surface area contributed by atoms with Gasteiger partial charge < -0.3 is 9.47 Å². The molecule has 0 N–H and O–H groups in total. The Balaban J connectivity index is 1.28. The number of carbonyl (C=O) groups is 2. The SMILES string of the molecule is Cc1ccc(-c2ccc(OC(=O)c3cccc(C(=O)Oc4ccc(-c5ccc(C)cc5)cc4C)c3)c(C)c2)cc1. The number of carbonyl (C=O) groups excluding carboxylic acids is 2. The van der Waals surface area contributed by atoms with Gasteiger partial charge in [0, 0.05) is 0 Å². The molecule has 0 aliphatic heterocycles. The smallest absolute Gasteiger partial charge is 0.343 e. The van der Waals surface area contributed by atoms with E-state index >= 15 is 0 Å². The van der Waals surface area contributed by atoms with Gasteiger partial charge in [0.15, 0.2) is 0 Å². The summed E-state index contributed by atoms with van der Waals surface area (Å²) in [6, 6.07) is 34.4. The Morgan fingerprint density at radius 2 is 0.825 bits per heavy atom. The van der Waals surface area contributed by atoms with Gasteiger partial charge in [0.25, 0.3) is 0 Å². The molecule has 0 fully saturated rings. The van der Waals surface area contributed by atoms with E-state index in [2.05, 4.69) is 62.4 Å². The molecule has 0 bridgehead atoms. The fourth-order valence-corrected chi connectivity index (χ4v) is 4.47. The number of hydrogen-bond donors (Lipinski definition) is 0. The molecule has 0 amide bonds. The molecule has 0 aromatic heterocycles. The van der Waals surface area contributed by atoms with Crippen LogP contribution >= 0.6 is 0 Å². The first kappa shape index (κ1) is 26.6. The van der Waals surface area contributed by atoms with Crippen LogP contribution in [0.2, 0.25) is 0 Å². The Bertz CT molecular complexity index is 1570. The van der Waals surface area contributed by atoms with Crippen LogP contribution in [-0.4, -0.2) is 11.9 Å². The molecule has 5 aromatic carbocycles. The van der Waals surface area contributed by atoms with E-state index in [4.69, 9.17) is 9.47 Å². The van der Waals surface area contributed by atoms with Gasteiger partial charge in [0.1, 0.15) is 11.5 Å². The average Bonchev–Trinajstić information content (AvgIpc) is 2.96. The van der Waals surface area contributed by atoms with Crippen molar-refractivity contribution in [3.63, 3.8) is 0 Å². The topological polar surface area (TPSA) is 52.6 Å². The van der Waals surface area contributed by atoms with Crippen molar-refractivity contribution in [1.82, 2.24) is 0 Å². The van der Waals surface area contributed by atoms with Crippen molar-refractivity contribution in [3.05, 3.63) is 143 Å². The van der Waals surface area contributed by atoms with Crippen LogP contribution in [0.15, 0.2) is 109 Å². The van der Waals surface area contributed by atoms with E-state index in [0.29, 0.717) is 11.5 Å². The first-order valence-corrected chi connectivity index (χ1v) is 13.2. The van der Waals surface area contributed by atoms with Crippen LogP contribution in [0.1, 0.15) is 43.0 Å². The lowest BCUT2D eigenvalue weighted by Crippen LogP contribution is -2.13. The van der Waals surface area contributed by atoms with Gasteiger partial charge in [-0.1, -0.05) is 77.9 Å². The fourth-order valence-electron chi connectivity index (χ4n) is 4.47. The number of hydrogen-bond acceptors (Lipinski definition) is 4. The van der Waals surface area contributed by atoms with E-state index in [-0.39, 0.29) is 11.1 Å². The minimum absolute atomic E-state index is 0.267. The first-order valence-electron chi connectivity index (χ1n) is 13.2. The molecule has 5 aromatic rings. The third-order valence-corrected chi connectivity index (χ3v) is 6.86. The Kier molecular flexibility index (Phi) is 7.61. The molecule has 0 radical (unpaired) electrons. The number of benzene rings is 5. The Labute approximate surface area is 234 Å². The van der Waals surface area contributed by atoms with Gasteiger partial charge in [-0.25, -0.2) is 9.59 Å². The largest absolute Gasteiger partial charge is 0.423 e. The lowest BCUT2D eigenvalue weighted by molar-refractivity contribution is 0.0733. The molecule has 198 valence electrons. The van der Waals surface area contributed by atoms with E-state index in [9.17, 15) is 9.59 Å². The minimum atomic E-state index is -0.542. The lowest BCUT2D eigenvalue weighted by atomic mass is 10.0. The summed E-state index contributed by atoms with van der Waals surface area (Å²) in [6.45, 7) is 7.91. The summed E-state index contributed by atoms with van der Waals surface area (Å²) in [5, 5.41) is 0. The second-order valence-corrected chi connectivity index (χ2v) is 10.1.